The first-order valence-corrected chi connectivity index (χ1v) is 9.12. The average Bonchev–Trinajstić information content (AvgIpc) is 3.40. The fourth-order valence-electron chi connectivity index (χ4n) is 6.13. The molecule has 0 aliphatic heterocycles. The van der Waals surface area contributed by atoms with E-state index < -0.39 is 0 Å². The first-order valence-electron chi connectivity index (χ1n) is 9.12. The molecular weight excluding hydrogens is 304 g/mol. The zero-order valence-corrected chi connectivity index (χ0v) is 14.1. The number of carbonyl (C=O) groups excluding carboxylic acids is 2. The van der Waals surface area contributed by atoms with Crippen LogP contribution in [0.5, 0.6) is 0 Å². The van der Waals surface area contributed by atoms with E-state index >= 15 is 0 Å². The van der Waals surface area contributed by atoms with Crippen LogP contribution in [0.2, 0.25) is 0 Å². The summed E-state index contributed by atoms with van der Waals surface area (Å²) in [6, 6.07) is 6.46. The van der Waals surface area contributed by atoms with Gasteiger partial charge in [-0.1, -0.05) is 18.2 Å². The molecule has 24 heavy (non-hydrogen) atoms. The Bertz CT molecular complexity index is 754. The van der Waals surface area contributed by atoms with E-state index in [-0.39, 0.29) is 46.9 Å². The summed E-state index contributed by atoms with van der Waals surface area (Å²) in [6.07, 6.45) is 2.06. The zero-order chi connectivity index (χ0) is 16.6. The molecule has 4 nitrogen and oxygen atoms in total. The van der Waals surface area contributed by atoms with Crippen molar-refractivity contribution in [3.8, 4) is 0 Å². The van der Waals surface area contributed by atoms with Gasteiger partial charge in [-0.3, -0.25) is 9.59 Å². The Morgan fingerprint density at radius 2 is 1.92 bits per heavy atom. The van der Waals surface area contributed by atoms with E-state index in [0.717, 1.165) is 12.8 Å². The van der Waals surface area contributed by atoms with Gasteiger partial charge >= 0.3 is 11.9 Å². The maximum atomic E-state index is 12.6. The second kappa shape index (κ2) is 4.62. The monoisotopic (exact) mass is 326 g/mol. The van der Waals surface area contributed by atoms with Crippen molar-refractivity contribution in [2.75, 3.05) is 13.2 Å². The van der Waals surface area contributed by atoms with Crippen LogP contribution in [-0.4, -0.2) is 25.2 Å². The summed E-state index contributed by atoms with van der Waals surface area (Å²) in [5, 5.41) is 0. The molecule has 5 rings (SSSR count). The highest BCUT2D eigenvalue weighted by atomic mass is 16.5. The summed E-state index contributed by atoms with van der Waals surface area (Å²) in [5.41, 5.74) is 4.00. The average molecular weight is 326 g/mol. The van der Waals surface area contributed by atoms with Crippen molar-refractivity contribution in [1.29, 1.82) is 0 Å². The lowest BCUT2D eigenvalue weighted by Gasteiger charge is -2.20. The Morgan fingerprint density at radius 3 is 2.67 bits per heavy atom. The molecule has 0 unspecified atom stereocenters. The van der Waals surface area contributed by atoms with E-state index in [1.54, 1.807) is 0 Å². The Morgan fingerprint density at radius 1 is 1.17 bits per heavy atom. The normalized spacial score (nSPS) is 39.3. The molecule has 0 heterocycles. The minimum Gasteiger partial charge on any atom is -0.466 e. The number of esters is 2. The standard InChI is InChI=1S/C20H22O4/c1-3-23-18(21)14-12-11-7-5-6-10-8-9-20(15(10)11)16(13(12)14)17(20)19(22)24-4-2/h5-7,12-14,16-17H,3-4,8-9H2,1-2H3/t12-,13+,14-,16-,17+,20+/m1/s1. The summed E-state index contributed by atoms with van der Waals surface area (Å²) in [6.45, 7) is 4.54. The van der Waals surface area contributed by atoms with Crippen LogP contribution in [-0.2, 0) is 30.9 Å². The Labute approximate surface area is 141 Å². The fraction of sp³-hybridized carbons (Fsp3) is 0.600. The van der Waals surface area contributed by atoms with Crippen LogP contribution in [0, 0.1) is 23.7 Å². The third kappa shape index (κ3) is 1.50. The molecule has 1 aromatic rings. The second-order valence-electron chi connectivity index (χ2n) is 7.56. The van der Waals surface area contributed by atoms with Crippen molar-refractivity contribution in [3.63, 3.8) is 0 Å². The SMILES string of the molecule is CCOC(=O)[C@@H]1[C@@H]2c3cccc4c3[C@@]3(CC4)[C@H]([C@H]12)[C@H]3C(=O)OCC. The van der Waals surface area contributed by atoms with E-state index in [4.69, 9.17) is 9.47 Å². The molecular formula is C20H22O4. The molecule has 0 N–H and O–H groups in total. The third-order valence-electron chi connectivity index (χ3n) is 6.80. The first-order chi connectivity index (χ1) is 11.7. The predicted molar refractivity (Wildman–Crippen MR) is 86.4 cm³/mol. The second-order valence-corrected chi connectivity index (χ2v) is 7.56. The van der Waals surface area contributed by atoms with Crippen LogP contribution < -0.4 is 0 Å². The molecule has 4 aliphatic rings. The zero-order valence-electron chi connectivity index (χ0n) is 14.1. The van der Waals surface area contributed by atoms with Crippen LogP contribution >= 0.6 is 0 Å². The molecule has 0 saturated heterocycles. The number of aryl methyl sites for hydroxylation is 1. The summed E-state index contributed by atoms with van der Waals surface area (Å²) >= 11 is 0. The van der Waals surface area contributed by atoms with Crippen LogP contribution in [0.15, 0.2) is 18.2 Å². The van der Waals surface area contributed by atoms with E-state index in [2.05, 4.69) is 18.2 Å². The molecule has 0 aromatic heterocycles. The minimum absolute atomic E-state index is 0.0550. The molecule has 1 spiro atoms. The highest BCUT2D eigenvalue weighted by Crippen LogP contribution is 2.82. The lowest BCUT2D eigenvalue weighted by molar-refractivity contribution is -0.147. The van der Waals surface area contributed by atoms with Crippen molar-refractivity contribution < 1.29 is 19.1 Å². The Kier molecular flexibility index (Phi) is 2.79. The van der Waals surface area contributed by atoms with E-state index in [0.29, 0.717) is 13.2 Å². The van der Waals surface area contributed by atoms with Crippen LogP contribution in [0.25, 0.3) is 0 Å². The Balaban J connectivity index is 1.59. The van der Waals surface area contributed by atoms with E-state index in [9.17, 15) is 9.59 Å². The summed E-state index contributed by atoms with van der Waals surface area (Å²) in [7, 11) is 0. The highest BCUT2D eigenvalue weighted by Gasteiger charge is 2.83. The quantitative estimate of drug-likeness (QED) is 0.798. The molecule has 126 valence electrons. The molecule has 4 aliphatic carbocycles. The number of hydrogen-bond acceptors (Lipinski definition) is 4. The molecule has 2 fully saturated rings. The van der Waals surface area contributed by atoms with Gasteiger partial charge in [0.1, 0.15) is 0 Å². The van der Waals surface area contributed by atoms with Crippen molar-refractivity contribution in [3.05, 3.63) is 34.9 Å². The van der Waals surface area contributed by atoms with Crippen LogP contribution in [0.1, 0.15) is 42.9 Å². The lowest BCUT2D eigenvalue weighted by Crippen LogP contribution is -2.17. The van der Waals surface area contributed by atoms with Gasteiger partial charge in [0.2, 0.25) is 0 Å². The minimum atomic E-state index is -0.0882. The van der Waals surface area contributed by atoms with Crippen molar-refractivity contribution in [1.82, 2.24) is 0 Å². The molecule has 0 bridgehead atoms. The van der Waals surface area contributed by atoms with Crippen molar-refractivity contribution in [2.45, 2.75) is 38.0 Å². The fourth-order valence-corrected chi connectivity index (χ4v) is 6.13. The molecule has 1 aromatic carbocycles. The maximum Gasteiger partial charge on any atom is 0.310 e. The maximum absolute atomic E-state index is 12.6. The van der Waals surface area contributed by atoms with Crippen molar-refractivity contribution >= 4 is 11.9 Å². The molecule has 0 amide bonds. The summed E-state index contributed by atoms with van der Waals surface area (Å²) in [4.78, 5) is 25.0. The lowest BCUT2D eigenvalue weighted by atomic mass is 9.83. The van der Waals surface area contributed by atoms with Crippen LogP contribution in [0.3, 0.4) is 0 Å². The van der Waals surface area contributed by atoms with Gasteiger partial charge < -0.3 is 9.47 Å². The number of fused-ring (bicyclic) bond motifs is 3. The number of ether oxygens (including phenoxy) is 2. The molecule has 6 atom stereocenters. The number of rotatable bonds is 4. The van der Waals surface area contributed by atoms with Gasteiger partial charge in [0, 0.05) is 11.3 Å². The first kappa shape index (κ1) is 14.5. The van der Waals surface area contributed by atoms with Crippen LogP contribution in [0.4, 0.5) is 0 Å². The highest BCUT2D eigenvalue weighted by molar-refractivity contribution is 5.86. The van der Waals surface area contributed by atoms with Gasteiger partial charge in [0.15, 0.2) is 0 Å². The van der Waals surface area contributed by atoms with Gasteiger partial charge in [-0.2, -0.15) is 0 Å². The molecule has 0 radical (unpaired) electrons. The predicted octanol–water partition coefficient (Wildman–Crippen LogP) is 2.59. The number of benzene rings is 1. The Hall–Kier alpha value is -1.84. The van der Waals surface area contributed by atoms with Gasteiger partial charge in [0.05, 0.1) is 25.0 Å². The topological polar surface area (TPSA) is 52.6 Å². The molecule has 2 saturated carbocycles. The smallest absolute Gasteiger partial charge is 0.310 e. The van der Waals surface area contributed by atoms with Crippen molar-refractivity contribution in [2.24, 2.45) is 23.7 Å². The van der Waals surface area contributed by atoms with Gasteiger partial charge in [-0.25, -0.2) is 0 Å². The molecule has 4 heteroatoms. The van der Waals surface area contributed by atoms with Gasteiger partial charge in [-0.15, -0.1) is 0 Å². The number of hydrogen-bond donors (Lipinski definition) is 0. The van der Waals surface area contributed by atoms with E-state index in [1.807, 2.05) is 13.8 Å². The largest absolute Gasteiger partial charge is 0.466 e. The van der Waals surface area contributed by atoms with Gasteiger partial charge in [0.25, 0.3) is 0 Å². The van der Waals surface area contributed by atoms with E-state index in [1.165, 1.54) is 16.7 Å². The summed E-state index contributed by atoms with van der Waals surface area (Å²) in [5.74, 6) is 0.494. The summed E-state index contributed by atoms with van der Waals surface area (Å²) < 4.78 is 10.7. The third-order valence-corrected chi connectivity index (χ3v) is 6.80. The number of carbonyl (C=O) groups is 2. The van der Waals surface area contributed by atoms with Gasteiger partial charge in [-0.05, 0) is 55.2 Å².